The Bertz CT molecular complexity index is 566. The summed E-state index contributed by atoms with van der Waals surface area (Å²) in [4.78, 5) is -0.662. The van der Waals surface area contributed by atoms with Crippen molar-refractivity contribution < 1.29 is 23.2 Å². The number of rotatable bonds is 10. The first-order valence-electron chi connectivity index (χ1n) is 7.88. The Morgan fingerprint density at radius 2 is 1.41 bits per heavy atom. The molecule has 0 bridgehead atoms. The van der Waals surface area contributed by atoms with E-state index in [0.717, 1.165) is 25.3 Å². The molecule has 0 aliphatic rings. The second-order valence-electron chi connectivity index (χ2n) is 5.65. The molecule has 1 rings (SSSR count). The van der Waals surface area contributed by atoms with Crippen LogP contribution >= 0.6 is 0 Å². The number of hydrogen-bond donors (Lipinski definition) is 3. The van der Waals surface area contributed by atoms with Gasteiger partial charge in [0, 0.05) is 6.07 Å². The van der Waals surface area contributed by atoms with Gasteiger partial charge in [0.05, 0.1) is 0 Å². The summed E-state index contributed by atoms with van der Waals surface area (Å²) in [6.45, 7) is 2.19. The molecule has 5 nitrogen and oxygen atoms in total. The topological polar surface area (TPSA) is 94.8 Å². The van der Waals surface area contributed by atoms with Gasteiger partial charge in [-0.15, -0.1) is 0 Å². The van der Waals surface area contributed by atoms with Gasteiger partial charge in [0.25, 0.3) is 10.1 Å². The van der Waals surface area contributed by atoms with Crippen LogP contribution in [0.2, 0.25) is 0 Å². The van der Waals surface area contributed by atoms with Crippen LogP contribution in [0.5, 0.6) is 11.5 Å². The van der Waals surface area contributed by atoms with Gasteiger partial charge < -0.3 is 10.2 Å². The summed E-state index contributed by atoms with van der Waals surface area (Å²) in [5.41, 5.74) is 0.496. The highest BCUT2D eigenvalue weighted by atomic mass is 32.2. The molecule has 0 unspecified atom stereocenters. The zero-order valence-corrected chi connectivity index (χ0v) is 13.9. The van der Waals surface area contributed by atoms with E-state index < -0.39 is 20.8 Å². The molecule has 22 heavy (non-hydrogen) atoms. The Morgan fingerprint density at radius 1 is 0.864 bits per heavy atom. The molecule has 126 valence electrons. The van der Waals surface area contributed by atoms with Crippen LogP contribution in [0.15, 0.2) is 17.0 Å². The molecule has 0 aliphatic carbocycles. The van der Waals surface area contributed by atoms with Crippen molar-refractivity contribution in [2.45, 2.75) is 69.6 Å². The molecular weight excluding hydrogens is 304 g/mol. The van der Waals surface area contributed by atoms with E-state index in [1.807, 2.05) is 0 Å². The first-order chi connectivity index (χ1) is 10.4. The lowest BCUT2D eigenvalue weighted by Gasteiger charge is -2.08. The maximum absolute atomic E-state index is 11.0. The van der Waals surface area contributed by atoms with Crippen molar-refractivity contribution in [1.29, 1.82) is 0 Å². The van der Waals surface area contributed by atoms with Gasteiger partial charge in [0.2, 0.25) is 0 Å². The lowest BCUT2D eigenvalue weighted by Crippen LogP contribution is -1.99. The minimum Gasteiger partial charge on any atom is -0.508 e. The first kappa shape index (κ1) is 18.8. The monoisotopic (exact) mass is 330 g/mol. The molecule has 0 aromatic heterocycles. The van der Waals surface area contributed by atoms with Gasteiger partial charge in [0.1, 0.15) is 16.4 Å². The molecule has 0 amide bonds. The second-order valence-corrected chi connectivity index (χ2v) is 7.04. The highest BCUT2D eigenvalue weighted by molar-refractivity contribution is 7.86. The molecule has 1 aromatic carbocycles. The Morgan fingerprint density at radius 3 is 1.95 bits per heavy atom. The van der Waals surface area contributed by atoms with Crippen molar-refractivity contribution in [1.82, 2.24) is 0 Å². The molecule has 3 N–H and O–H groups in total. The zero-order valence-electron chi connectivity index (χ0n) is 13.1. The third kappa shape index (κ3) is 6.23. The lowest BCUT2D eigenvalue weighted by molar-refractivity contribution is 0.429. The predicted octanol–water partition coefficient (Wildman–Crippen LogP) is 4.03. The maximum Gasteiger partial charge on any atom is 0.298 e. The van der Waals surface area contributed by atoms with Crippen LogP contribution in [0.4, 0.5) is 0 Å². The highest BCUT2D eigenvalue weighted by Gasteiger charge is 2.18. The summed E-state index contributed by atoms with van der Waals surface area (Å²) in [5, 5.41) is 19.4. The van der Waals surface area contributed by atoms with Crippen LogP contribution in [-0.2, 0) is 16.5 Å². The quantitative estimate of drug-likeness (QED) is 0.342. The standard InChI is InChI=1S/C16H26O5S/c1-2-3-4-5-6-7-8-9-10-13-11-15(18)16(12-14(13)17)22(19,20)21/h11-12,17-18H,2-10H2,1H3,(H,19,20,21). The van der Waals surface area contributed by atoms with Crippen LogP contribution in [0, 0.1) is 0 Å². The summed E-state index contributed by atoms with van der Waals surface area (Å²) >= 11 is 0. The van der Waals surface area contributed by atoms with Crippen molar-refractivity contribution in [2.75, 3.05) is 0 Å². The largest absolute Gasteiger partial charge is 0.508 e. The normalized spacial score (nSPS) is 11.7. The van der Waals surface area contributed by atoms with Crippen LogP contribution < -0.4 is 0 Å². The number of phenolic OH excluding ortho intramolecular Hbond substituents is 2. The summed E-state index contributed by atoms with van der Waals surface area (Å²) in [6.07, 6.45) is 9.87. The van der Waals surface area contributed by atoms with E-state index in [0.29, 0.717) is 12.0 Å². The number of phenols is 2. The molecule has 0 saturated heterocycles. The van der Waals surface area contributed by atoms with E-state index in [9.17, 15) is 18.6 Å². The minimum absolute atomic E-state index is 0.214. The number of hydrogen-bond acceptors (Lipinski definition) is 4. The molecule has 1 aromatic rings. The smallest absolute Gasteiger partial charge is 0.298 e. The number of aromatic hydroxyl groups is 2. The zero-order chi connectivity index (χ0) is 16.6. The fraction of sp³-hybridized carbons (Fsp3) is 0.625. The van der Waals surface area contributed by atoms with E-state index in [1.54, 1.807) is 0 Å². The average Bonchev–Trinajstić information content (AvgIpc) is 2.43. The number of unbranched alkanes of at least 4 members (excludes halogenated alkanes) is 7. The Balaban J connectivity index is 2.43. The molecule has 0 radical (unpaired) electrons. The van der Waals surface area contributed by atoms with Crippen LogP contribution in [0.3, 0.4) is 0 Å². The van der Waals surface area contributed by atoms with Gasteiger partial charge >= 0.3 is 0 Å². The molecule has 6 heteroatoms. The molecule has 0 heterocycles. The van der Waals surface area contributed by atoms with E-state index in [2.05, 4.69) is 6.92 Å². The number of benzene rings is 1. The van der Waals surface area contributed by atoms with E-state index in [4.69, 9.17) is 4.55 Å². The van der Waals surface area contributed by atoms with Gasteiger partial charge in [-0.1, -0.05) is 51.9 Å². The third-order valence-corrected chi connectivity index (χ3v) is 4.62. The van der Waals surface area contributed by atoms with Crippen LogP contribution in [0.25, 0.3) is 0 Å². The summed E-state index contributed by atoms with van der Waals surface area (Å²) < 4.78 is 30.9. The van der Waals surface area contributed by atoms with Crippen molar-refractivity contribution in [2.24, 2.45) is 0 Å². The molecule has 0 fully saturated rings. The van der Waals surface area contributed by atoms with Crippen LogP contribution in [0.1, 0.15) is 63.9 Å². The SMILES string of the molecule is CCCCCCCCCCc1cc(O)c(S(=O)(=O)O)cc1O. The van der Waals surface area contributed by atoms with Crippen molar-refractivity contribution in [3.8, 4) is 11.5 Å². The van der Waals surface area contributed by atoms with Gasteiger partial charge in [0.15, 0.2) is 0 Å². The van der Waals surface area contributed by atoms with Crippen molar-refractivity contribution in [3.63, 3.8) is 0 Å². The Labute approximate surface area is 132 Å². The van der Waals surface area contributed by atoms with Gasteiger partial charge in [-0.2, -0.15) is 8.42 Å². The fourth-order valence-electron chi connectivity index (χ4n) is 2.46. The maximum atomic E-state index is 11.0. The van der Waals surface area contributed by atoms with Gasteiger partial charge in [-0.3, -0.25) is 4.55 Å². The Kier molecular flexibility index (Phi) is 7.68. The van der Waals surface area contributed by atoms with E-state index >= 15 is 0 Å². The molecule has 0 spiro atoms. The van der Waals surface area contributed by atoms with Gasteiger partial charge in [-0.05, 0) is 24.5 Å². The summed E-state index contributed by atoms with van der Waals surface area (Å²) in [6, 6.07) is 2.10. The number of aryl methyl sites for hydroxylation is 1. The van der Waals surface area contributed by atoms with E-state index in [1.165, 1.54) is 38.2 Å². The third-order valence-electron chi connectivity index (χ3n) is 3.74. The fourth-order valence-corrected chi connectivity index (χ4v) is 3.04. The predicted molar refractivity (Wildman–Crippen MR) is 85.9 cm³/mol. The van der Waals surface area contributed by atoms with Gasteiger partial charge in [-0.25, -0.2) is 0 Å². The highest BCUT2D eigenvalue weighted by Crippen LogP contribution is 2.31. The van der Waals surface area contributed by atoms with Crippen molar-refractivity contribution >= 4 is 10.1 Å². The average molecular weight is 330 g/mol. The lowest BCUT2D eigenvalue weighted by atomic mass is 10.0. The molecular formula is C16H26O5S. The minimum atomic E-state index is -4.52. The van der Waals surface area contributed by atoms with Crippen molar-refractivity contribution in [3.05, 3.63) is 17.7 Å². The van der Waals surface area contributed by atoms with E-state index in [-0.39, 0.29) is 5.75 Å². The summed E-state index contributed by atoms with van der Waals surface area (Å²) in [5.74, 6) is -0.747. The molecule has 0 aliphatic heterocycles. The first-order valence-corrected chi connectivity index (χ1v) is 9.32. The molecule has 0 atom stereocenters. The van der Waals surface area contributed by atoms with Crippen LogP contribution in [-0.4, -0.2) is 23.2 Å². The summed E-state index contributed by atoms with van der Waals surface area (Å²) in [7, 11) is -4.52. The second kappa shape index (κ2) is 9.00. The Hall–Kier alpha value is -1.27. The molecule has 0 saturated carbocycles.